The molecule has 0 unspecified atom stereocenters. The Bertz CT molecular complexity index is 1080. The van der Waals surface area contributed by atoms with Gasteiger partial charge in [0.25, 0.3) is 10.0 Å². The van der Waals surface area contributed by atoms with Gasteiger partial charge in [0.2, 0.25) is 10.0 Å². The summed E-state index contributed by atoms with van der Waals surface area (Å²) in [7, 11) is -7.61. The first-order valence-electron chi connectivity index (χ1n) is 8.21. The van der Waals surface area contributed by atoms with Gasteiger partial charge in [-0.05, 0) is 69.0 Å². The fourth-order valence-electron chi connectivity index (χ4n) is 3.79. The molecular weight excluding hydrogens is 372 g/mol. The molecule has 0 aromatic heterocycles. The van der Waals surface area contributed by atoms with Gasteiger partial charge in [-0.2, -0.15) is 0 Å². The summed E-state index contributed by atoms with van der Waals surface area (Å²) in [5.41, 5.74) is 3.57. The molecule has 1 atom stereocenters. The molecule has 0 amide bonds. The van der Waals surface area contributed by atoms with Crippen LogP contribution < -0.4 is 9.44 Å². The summed E-state index contributed by atoms with van der Waals surface area (Å²) >= 11 is 0. The van der Waals surface area contributed by atoms with Crippen molar-refractivity contribution < 1.29 is 16.8 Å². The van der Waals surface area contributed by atoms with Crippen LogP contribution in [-0.4, -0.2) is 22.9 Å². The van der Waals surface area contributed by atoms with E-state index in [9.17, 15) is 16.8 Å². The number of anilines is 1. The number of nitrogens with zero attached hydrogens (tertiary/aromatic N) is 1. The zero-order valence-electron chi connectivity index (χ0n) is 15.1. The van der Waals surface area contributed by atoms with Crippen LogP contribution in [0.5, 0.6) is 0 Å². The fourth-order valence-corrected chi connectivity index (χ4v) is 6.47. The predicted molar refractivity (Wildman–Crippen MR) is 101 cm³/mol. The lowest BCUT2D eigenvalue weighted by Crippen LogP contribution is -2.36. The van der Waals surface area contributed by atoms with E-state index in [2.05, 4.69) is 0 Å². The highest BCUT2D eigenvalue weighted by Crippen LogP contribution is 2.39. The standard InChI is InChI=1S/C18H22N2O4S2/c1-11-7-12(2)18(13(3)8-11)26(23,24)20-14(4)9-15-10-16(25(19,21)22)5-6-17(15)20/h5-8,10,14H,9H2,1-4H3,(H2,19,21,22)/t14-/m0/s1. The summed E-state index contributed by atoms with van der Waals surface area (Å²) in [4.78, 5) is 0.295. The average molecular weight is 395 g/mol. The molecule has 1 aliphatic rings. The van der Waals surface area contributed by atoms with Gasteiger partial charge in [-0.15, -0.1) is 0 Å². The van der Waals surface area contributed by atoms with Crippen molar-refractivity contribution in [2.24, 2.45) is 5.14 Å². The van der Waals surface area contributed by atoms with Crippen LogP contribution in [0.2, 0.25) is 0 Å². The zero-order valence-corrected chi connectivity index (χ0v) is 16.8. The molecule has 0 radical (unpaired) electrons. The van der Waals surface area contributed by atoms with Crippen LogP contribution in [0.3, 0.4) is 0 Å². The number of nitrogens with two attached hydrogens (primary N) is 1. The summed E-state index contributed by atoms with van der Waals surface area (Å²) in [6, 6.07) is 7.73. The highest BCUT2D eigenvalue weighted by atomic mass is 32.2. The van der Waals surface area contributed by atoms with E-state index in [4.69, 9.17) is 5.14 Å². The second-order valence-corrected chi connectivity index (χ2v) is 10.2. The van der Waals surface area contributed by atoms with E-state index in [0.29, 0.717) is 33.7 Å². The molecule has 2 N–H and O–H groups in total. The first-order chi connectivity index (χ1) is 11.9. The molecule has 2 aromatic carbocycles. The van der Waals surface area contributed by atoms with E-state index in [0.717, 1.165) is 5.56 Å². The van der Waals surface area contributed by atoms with E-state index < -0.39 is 20.0 Å². The normalized spacial score (nSPS) is 17.4. The molecule has 1 aliphatic heterocycles. The van der Waals surface area contributed by atoms with Crippen molar-refractivity contribution in [1.82, 2.24) is 0 Å². The smallest absolute Gasteiger partial charge is 0.263 e. The number of hydrogen-bond donors (Lipinski definition) is 1. The lowest BCUT2D eigenvalue weighted by atomic mass is 10.1. The molecule has 0 aliphatic carbocycles. The van der Waals surface area contributed by atoms with Gasteiger partial charge in [0.05, 0.1) is 15.5 Å². The second-order valence-electron chi connectivity index (χ2n) is 6.92. The monoisotopic (exact) mass is 394 g/mol. The number of benzene rings is 2. The van der Waals surface area contributed by atoms with Crippen molar-refractivity contribution in [3.05, 3.63) is 52.6 Å². The molecule has 26 heavy (non-hydrogen) atoms. The molecule has 140 valence electrons. The highest BCUT2D eigenvalue weighted by molar-refractivity contribution is 7.93. The number of rotatable bonds is 3. The van der Waals surface area contributed by atoms with E-state index in [1.807, 2.05) is 26.0 Å². The predicted octanol–water partition coefficient (Wildman–Crippen LogP) is 2.40. The number of aryl methyl sites for hydroxylation is 3. The Hall–Kier alpha value is -1.90. The summed E-state index contributed by atoms with van der Waals surface area (Å²) < 4.78 is 51.4. The molecule has 0 fully saturated rings. The molecule has 3 rings (SSSR count). The SMILES string of the molecule is Cc1cc(C)c(S(=O)(=O)N2c3ccc(S(N)(=O)=O)cc3C[C@@H]2C)c(C)c1. The van der Waals surface area contributed by atoms with Crippen molar-refractivity contribution in [2.75, 3.05) is 4.31 Å². The molecule has 1 heterocycles. The minimum Gasteiger partial charge on any atom is -0.263 e. The first kappa shape index (κ1) is 18.9. The van der Waals surface area contributed by atoms with Crippen LogP contribution in [0.25, 0.3) is 0 Å². The van der Waals surface area contributed by atoms with Crippen LogP contribution in [0.15, 0.2) is 40.1 Å². The lowest BCUT2D eigenvalue weighted by molar-refractivity contribution is 0.582. The van der Waals surface area contributed by atoms with Crippen LogP contribution in [0.4, 0.5) is 5.69 Å². The Morgan fingerprint density at radius 1 is 1.00 bits per heavy atom. The van der Waals surface area contributed by atoms with Crippen LogP contribution in [0, 0.1) is 20.8 Å². The highest BCUT2D eigenvalue weighted by Gasteiger charge is 2.38. The maximum Gasteiger partial charge on any atom is 0.265 e. The first-order valence-corrected chi connectivity index (χ1v) is 11.2. The molecule has 0 bridgehead atoms. The van der Waals surface area contributed by atoms with E-state index in [1.54, 1.807) is 13.8 Å². The third-order valence-electron chi connectivity index (χ3n) is 4.65. The summed E-state index contributed by atoms with van der Waals surface area (Å²) in [6.07, 6.45) is 0.432. The Morgan fingerprint density at radius 2 is 1.58 bits per heavy atom. The van der Waals surface area contributed by atoms with Gasteiger partial charge in [-0.3, -0.25) is 4.31 Å². The minimum atomic E-state index is -3.83. The van der Waals surface area contributed by atoms with Gasteiger partial charge in [0.15, 0.2) is 0 Å². The largest absolute Gasteiger partial charge is 0.265 e. The van der Waals surface area contributed by atoms with Crippen molar-refractivity contribution in [3.63, 3.8) is 0 Å². The van der Waals surface area contributed by atoms with Crippen LogP contribution >= 0.6 is 0 Å². The zero-order chi connectivity index (χ0) is 19.4. The Balaban J connectivity index is 2.18. The molecule has 0 spiro atoms. The number of sulfonamides is 2. The van der Waals surface area contributed by atoms with E-state index in [-0.39, 0.29) is 10.9 Å². The van der Waals surface area contributed by atoms with Crippen molar-refractivity contribution in [1.29, 1.82) is 0 Å². The minimum absolute atomic E-state index is 0.00889. The third kappa shape index (κ3) is 3.02. The molecule has 6 nitrogen and oxygen atoms in total. The molecule has 8 heteroatoms. The number of fused-ring (bicyclic) bond motifs is 1. The van der Waals surface area contributed by atoms with E-state index >= 15 is 0 Å². The maximum absolute atomic E-state index is 13.4. The van der Waals surface area contributed by atoms with Crippen molar-refractivity contribution in [2.45, 2.75) is 49.9 Å². The molecule has 2 aromatic rings. The van der Waals surface area contributed by atoms with Crippen LogP contribution in [0.1, 0.15) is 29.2 Å². The molecular formula is C18H22N2O4S2. The fraction of sp³-hybridized carbons (Fsp3) is 0.333. The van der Waals surface area contributed by atoms with E-state index in [1.165, 1.54) is 22.5 Å². The Morgan fingerprint density at radius 3 is 2.12 bits per heavy atom. The molecule has 0 saturated carbocycles. The second kappa shape index (κ2) is 6.07. The Kier molecular flexibility index (Phi) is 4.41. The van der Waals surface area contributed by atoms with Gasteiger partial charge < -0.3 is 0 Å². The van der Waals surface area contributed by atoms with Crippen molar-refractivity contribution >= 4 is 25.7 Å². The topological polar surface area (TPSA) is 97.5 Å². The quantitative estimate of drug-likeness (QED) is 0.864. The van der Waals surface area contributed by atoms with Gasteiger partial charge in [0, 0.05) is 6.04 Å². The molecule has 0 saturated heterocycles. The van der Waals surface area contributed by atoms with Gasteiger partial charge in [-0.1, -0.05) is 17.7 Å². The van der Waals surface area contributed by atoms with Crippen molar-refractivity contribution in [3.8, 4) is 0 Å². The van der Waals surface area contributed by atoms with Crippen LogP contribution in [-0.2, 0) is 26.5 Å². The number of primary sulfonamides is 1. The average Bonchev–Trinajstić information content (AvgIpc) is 2.80. The number of hydrogen-bond acceptors (Lipinski definition) is 4. The summed E-state index contributed by atoms with van der Waals surface area (Å²) in [5, 5.41) is 5.19. The van der Waals surface area contributed by atoms with Gasteiger partial charge in [-0.25, -0.2) is 22.0 Å². The third-order valence-corrected chi connectivity index (χ3v) is 7.80. The maximum atomic E-state index is 13.4. The van der Waals surface area contributed by atoms with Gasteiger partial charge >= 0.3 is 0 Å². The lowest BCUT2D eigenvalue weighted by Gasteiger charge is -2.26. The Labute approximate surface area is 154 Å². The van der Waals surface area contributed by atoms with Gasteiger partial charge in [0.1, 0.15) is 0 Å². The summed E-state index contributed by atoms with van der Waals surface area (Å²) in [5.74, 6) is 0. The summed E-state index contributed by atoms with van der Waals surface area (Å²) in [6.45, 7) is 7.32.